The molecule has 0 unspecified atom stereocenters. The van der Waals surface area contributed by atoms with E-state index < -0.39 is 0 Å². The number of hydrogen-bond donors (Lipinski definition) is 2. The summed E-state index contributed by atoms with van der Waals surface area (Å²) >= 11 is 0. The summed E-state index contributed by atoms with van der Waals surface area (Å²) in [7, 11) is 1.64. The number of hydrogen-bond acceptors (Lipinski definition) is 4. The number of nitrogens with zero attached hydrogens (tertiary/aromatic N) is 1. The molecular weight excluding hydrogens is 228 g/mol. The van der Waals surface area contributed by atoms with Crippen molar-refractivity contribution in [3.8, 4) is 5.75 Å². The summed E-state index contributed by atoms with van der Waals surface area (Å²) in [5.41, 5.74) is 2.04. The largest absolute Gasteiger partial charge is 0.508 e. The van der Waals surface area contributed by atoms with Crippen LogP contribution in [0.15, 0.2) is 18.2 Å². The lowest BCUT2D eigenvalue weighted by Crippen LogP contribution is -2.44. The van der Waals surface area contributed by atoms with Crippen molar-refractivity contribution in [2.24, 2.45) is 0 Å². The SMILES string of the molecule is COCc1ccc(CCN2CCNCC2)cc1O. The molecule has 0 atom stereocenters. The highest BCUT2D eigenvalue weighted by Crippen LogP contribution is 2.20. The molecule has 100 valence electrons. The monoisotopic (exact) mass is 250 g/mol. The maximum Gasteiger partial charge on any atom is 0.121 e. The van der Waals surface area contributed by atoms with E-state index in [0.29, 0.717) is 12.4 Å². The number of ether oxygens (including phenoxy) is 1. The Morgan fingerprint density at radius 2 is 2.11 bits per heavy atom. The molecule has 1 aromatic carbocycles. The molecule has 0 radical (unpaired) electrons. The number of rotatable bonds is 5. The van der Waals surface area contributed by atoms with E-state index in [4.69, 9.17) is 4.74 Å². The van der Waals surface area contributed by atoms with Crippen LogP contribution in [0.3, 0.4) is 0 Å². The van der Waals surface area contributed by atoms with Gasteiger partial charge in [-0.1, -0.05) is 12.1 Å². The molecule has 1 saturated heterocycles. The first-order valence-electron chi connectivity index (χ1n) is 6.52. The number of nitrogens with one attached hydrogen (secondary N) is 1. The van der Waals surface area contributed by atoms with Crippen LogP contribution >= 0.6 is 0 Å². The topological polar surface area (TPSA) is 44.7 Å². The maximum atomic E-state index is 9.86. The van der Waals surface area contributed by atoms with Gasteiger partial charge in [0.25, 0.3) is 0 Å². The molecule has 1 aliphatic heterocycles. The van der Waals surface area contributed by atoms with Crippen molar-refractivity contribution in [2.75, 3.05) is 39.8 Å². The molecule has 0 bridgehead atoms. The van der Waals surface area contributed by atoms with Crippen molar-refractivity contribution in [3.05, 3.63) is 29.3 Å². The second kappa shape index (κ2) is 6.73. The van der Waals surface area contributed by atoms with Gasteiger partial charge in [-0.25, -0.2) is 0 Å². The van der Waals surface area contributed by atoms with Gasteiger partial charge < -0.3 is 20.1 Å². The van der Waals surface area contributed by atoms with Crippen LogP contribution in [0, 0.1) is 0 Å². The van der Waals surface area contributed by atoms with E-state index in [2.05, 4.69) is 16.3 Å². The Labute approximate surface area is 109 Å². The number of phenols is 1. The molecule has 1 fully saturated rings. The minimum absolute atomic E-state index is 0.342. The van der Waals surface area contributed by atoms with E-state index >= 15 is 0 Å². The predicted molar refractivity (Wildman–Crippen MR) is 71.8 cm³/mol. The molecule has 1 aromatic rings. The van der Waals surface area contributed by atoms with E-state index in [1.165, 1.54) is 5.56 Å². The summed E-state index contributed by atoms with van der Waals surface area (Å²) in [5, 5.41) is 13.2. The number of piperazine rings is 1. The lowest BCUT2D eigenvalue weighted by atomic mass is 10.1. The Morgan fingerprint density at radius 1 is 1.33 bits per heavy atom. The summed E-state index contributed by atoms with van der Waals surface area (Å²) < 4.78 is 5.03. The lowest BCUT2D eigenvalue weighted by Gasteiger charge is -2.27. The maximum absolute atomic E-state index is 9.86. The van der Waals surface area contributed by atoms with Gasteiger partial charge in [-0.15, -0.1) is 0 Å². The van der Waals surface area contributed by atoms with E-state index in [1.807, 2.05) is 12.1 Å². The zero-order chi connectivity index (χ0) is 12.8. The third-order valence-corrected chi connectivity index (χ3v) is 3.38. The average Bonchev–Trinajstić information content (AvgIpc) is 2.41. The Morgan fingerprint density at radius 3 is 2.78 bits per heavy atom. The van der Waals surface area contributed by atoms with E-state index in [1.54, 1.807) is 7.11 Å². The molecule has 0 saturated carbocycles. The smallest absolute Gasteiger partial charge is 0.121 e. The number of phenolic OH excluding ortho intramolecular Hbond substituents is 1. The van der Waals surface area contributed by atoms with Gasteiger partial charge in [0.1, 0.15) is 5.75 Å². The molecule has 0 amide bonds. The van der Waals surface area contributed by atoms with Gasteiger partial charge in [-0.3, -0.25) is 0 Å². The Balaban J connectivity index is 1.87. The van der Waals surface area contributed by atoms with Gasteiger partial charge in [0, 0.05) is 45.4 Å². The first-order chi connectivity index (χ1) is 8.79. The molecule has 2 N–H and O–H groups in total. The second-order valence-corrected chi connectivity index (χ2v) is 4.74. The second-order valence-electron chi connectivity index (χ2n) is 4.74. The Bertz CT molecular complexity index is 376. The van der Waals surface area contributed by atoms with E-state index in [-0.39, 0.29) is 0 Å². The zero-order valence-corrected chi connectivity index (χ0v) is 11.0. The van der Waals surface area contributed by atoms with Gasteiger partial charge in [-0.05, 0) is 18.1 Å². The van der Waals surface area contributed by atoms with Crippen molar-refractivity contribution in [3.63, 3.8) is 0 Å². The Kier molecular flexibility index (Phi) is 4.99. The van der Waals surface area contributed by atoms with Gasteiger partial charge in [0.15, 0.2) is 0 Å². The molecule has 0 aromatic heterocycles. The summed E-state index contributed by atoms with van der Waals surface area (Å²) in [6, 6.07) is 5.89. The van der Waals surface area contributed by atoms with Gasteiger partial charge in [0.05, 0.1) is 6.61 Å². The molecule has 0 aliphatic carbocycles. The minimum Gasteiger partial charge on any atom is -0.508 e. The van der Waals surface area contributed by atoms with Crippen LogP contribution in [-0.2, 0) is 17.8 Å². The zero-order valence-electron chi connectivity index (χ0n) is 11.0. The summed E-state index contributed by atoms with van der Waals surface area (Å²) in [6.07, 6.45) is 0.987. The van der Waals surface area contributed by atoms with Crippen LogP contribution in [0.1, 0.15) is 11.1 Å². The summed E-state index contributed by atoms with van der Waals surface area (Å²) in [4.78, 5) is 2.45. The number of methoxy groups -OCH3 is 1. The molecular formula is C14H22N2O2. The van der Waals surface area contributed by atoms with Crippen molar-refractivity contribution in [2.45, 2.75) is 13.0 Å². The van der Waals surface area contributed by atoms with Crippen LogP contribution in [-0.4, -0.2) is 49.8 Å². The minimum atomic E-state index is 0.342. The predicted octanol–water partition coefficient (Wildman–Crippen LogP) is 0.986. The van der Waals surface area contributed by atoms with E-state index in [9.17, 15) is 5.11 Å². The first kappa shape index (κ1) is 13.3. The van der Waals surface area contributed by atoms with Crippen molar-refractivity contribution >= 4 is 0 Å². The molecule has 2 rings (SSSR count). The van der Waals surface area contributed by atoms with Crippen molar-refractivity contribution in [1.29, 1.82) is 0 Å². The number of aromatic hydroxyl groups is 1. The van der Waals surface area contributed by atoms with E-state index in [0.717, 1.165) is 44.7 Å². The molecule has 1 heterocycles. The van der Waals surface area contributed by atoms with Crippen molar-refractivity contribution < 1.29 is 9.84 Å². The standard InChI is InChI=1S/C14H22N2O2/c1-18-11-13-3-2-12(10-14(13)17)4-7-16-8-5-15-6-9-16/h2-3,10,15,17H,4-9,11H2,1H3. The fraction of sp³-hybridized carbons (Fsp3) is 0.571. The fourth-order valence-corrected chi connectivity index (χ4v) is 2.26. The lowest BCUT2D eigenvalue weighted by molar-refractivity contribution is 0.182. The molecule has 18 heavy (non-hydrogen) atoms. The van der Waals surface area contributed by atoms with Crippen LogP contribution < -0.4 is 5.32 Å². The molecule has 0 spiro atoms. The van der Waals surface area contributed by atoms with Gasteiger partial charge in [-0.2, -0.15) is 0 Å². The first-order valence-corrected chi connectivity index (χ1v) is 6.52. The van der Waals surface area contributed by atoms with Crippen LogP contribution in [0.25, 0.3) is 0 Å². The van der Waals surface area contributed by atoms with Gasteiger partial charge in [0.2, 0.25) is 0 Å². The van der Waals surface area contributed by atoms with Crippen molar-refractivity contribution in [1.82, 2.24) is 10.2 Å². The molecule has 1 aliphatic rings. The van der Waals surface area contributed by atoms with Crippen LogP contribution in [0.2, 0.25) is 0 Å². The highest BCUT2D eigenvalue weighted by molar-refractivity contribution is 5.36. The van der Waals surface area contributed by atoms with Crippen LogP contribution in [0.5, 0.6) is 5.75 Å². The fourth-order valence-electron chi connectivity index (χ4n) is 2.26. The quantitative estimate of drug-likeness (QED) is 0.818. The Hall–Kier alpha value is -1.10. The van der Waals surface area contributed by atoms with Gasteiger partial charge >= 0.3 is 0 Å². The highest BCUT2D eigenvalue weighted by Gasteiger charge is 2.09. The highest BCUT2D eigenvalue weighted by atomic mass is 16.5. The third-order valence-electron chi connectivity index (χ3n) is 3.38. The molecule has 4 nitrogen and oxygen atoms in total. The normalized spacial score (nSPS) is 16.9. The molecule has 4 heteroatoms. The summed E-state index contributed by atoms with van der Waals surface area (Å²) in [6.45, 7) is 5.92. The average molecular weight is 250 g/mol. The summed E-state index contributed by atoms with van der Waals surface area (Å²) in [5.74, 6) is 0.342. The number of benzene rings is 1. The third kappa shape index (κ3) is 3.70. The van der Waals surface area contributed by atoms with Crippen LogP contribution in [0.4, 0.5) is 0 Å².